The van der Waals surface area contributed by atoms with Crippen LogP contribution in [-0.4, -0.2) is 25.9 Å². The van der Waals surface area contributed by atoms with Crippen LogP contribution in [0.3, 0.4) is 0 Å². The largest absolute Gasteiger partial charge is 0.390 e. The Hall–Kier alpha value is -2.37. The Balaban J connectivity index is 2.12. The lowest BCUT2D eigenvalue weighted by molar-refractivity contribution is 0.573. The molecule has 2 aromatic rings. The van der Waals surface area contributed by atoms with Gasteiger partial charge in [-0.3, -0.25) is 4.98 Å². The highest BCUT2D eigenvalue weighted by molar-refractivity contribution is 6.32. The van der Waals surface area contributed by atoms with E-state index in [2.05, 4.69) is 30.5 Å². The van der Waals surface area contributed by atoms with Gasteiger partial charge in [0, 0.05) is 42.2 Å². The fourth-order valence-electron chi connectivity index (χ4n) is 3.71. The van der Waals surface area contributed by atoms with E-state index in [1.165, 1.54) is 6.07 Å². The van der Waals surface area contributed by atoms with E-state index >= 15 is 0 Å². The van der Waals surface area contributed by atoms with Crippen molar-refractivity contribution in [2.75, 3.05) is 18.4 Å². The Morgan fingerprint density at radius 1 is 1.32 bits per heavy atom. The zero-order valence-corrected chi connectivity index (χ0v) is 16.7. The summed E-state index contributed by atoms with van der Waals surface area (Å²) in [7, 11) is 5.72. The highest BCUT2D eigenvalue weighted by atomic mass is 19.1. The Kier molecular flexibility index (Phi) is 6.37. The molecule has 6 heteroatoms. The molecule has 0 spiro atoms. The number of pyridine rings is 1. The summed E-state index contributed by atoms with van der Waals surface area (Å²) in [5.41, 5.74) is 3.52. The van der Waals surface area contributed by atoms with E-state index in [0.29, 0.717) is 11.6 Å². The van der Waals surface area contributed by atoms with Crippen LogP contribution >= 0.6 is 0 Å². The van der Waals surface area contributed by atoms with E-state index in [9.17, 15) is 8.78 Å². The summed E-state index contributed by atoms with van der Waals surface area (Å²) in [5.74, 6) is -0.921. The molecule has 2 N–H and O–H groups in total. The lowest BCUT2D eigenvalue weighted by Crippen LogP contribution is -2.18. The van der Waals surface area contributed by atoms with Crippen molar-refractivity contribution in [1.29, 1.82) is 0 Å². The predicted octanol–water partition coefficient (Wildman–Crippen LogP) is 4.36. The molecule has 0 saturated carbocycles. The molecule has 2 heterocycles. The van der Waals surface area contributed by atoms with Gasteiger partial charge in [-0.15, -0.1) is 0 Å². The number of fused-ring (bicyclic) bond motifs is 1. The predicted molar refractivity (Wildman–Crippen MR) is 112 cm³/mol. The van der Waals surface area contributed by atoms with Crippen molar-refractivity contribution in [1.82, 2.24) is 10.3 Å². The second kappa shape index (κ2) is 8.76. The van der Waals surface area contributed by atoms with Gasteiger partial charge in [0.1, 0.15) is 19.5 Å². The molecule has 0 aliphatic carbocycles. The molecule has 0 amide bonds. The van der Waals surface area contributed by atoms with Crippen LogP contribution < -0.4 is 16.1 Å². The standard InChI is InChI=1S/C22H26BF2N3/c1-4-6-14(12-26-7-5-2)20-9-15-13(3)11-27-21(15)22(28-20)16-8-17(23)19(25)10-18(16)24/h5,7-10,13-14,26-27H,4,6,11-12H2,1-3H3. The first-order chi connectivity index (χ1) is 13.5. The van der Waals surface area contributed by atoms with Crippen molar-refractivity contribution >= 4 is 19.0 Å². The molecule has 3 nitrogen and oxygen atoms in total. The van der Waals surface area contributed by atoms with Gasteiger partial charge in [0.2, 0.25) is 0 Å². The van der Waals surface area contributed by atoms with Crippen molar-refractivity contribution < 1.29 is 8.78 Å². The molecule has 1 aliphatic heterocycles. The van der Waals surface area contributed by atoms with Crippen LogP contribution in [0.2, 0.25) is 0 Å². The minimum absolute atomic E-state index is 0.0803. The quantitative estimate of drug-likeness (QED) is 0.700. The van der Waals surface area contributed by atoms with Crippen LogP contribution in [0.25, 0.3) is 11.3 Å². The number of allylic oxidation sites excluding steroid dienone is 1. The molecule has 146 valence electrons. The first kappa shape index (κ1) is 20.4. The lowest BCUT2D eigenvalue weighted by atomic mass is 9.90. The minimum Gasteiger partial charge on any atom is -0.390 e. The van der Waals surface area contributed by atoms with Gasteiger partial charge < -0.3 is 10.6 Å². The van der Waals surface area contributed by atoms with E-state index in [-0.39, 0.29) is 16.9 Å². The summed E-state index contributed by atoms with van der Waals surface area (Å²) in [6, 6.07) is 4.31. The average molecular weight is 381 g/mol. The molecule has 28 heavy (non-hydrogen) atoms. The van der Waals surface area contributed by atoms with Gasteiger partial charge in [-0.05, 0) is 31.2 Å². The normalized spacial score (nSPS) is 16.8. The summed E-state index contributed by atoms with van der Waals surface area (Å²) in [4.78, 5) is 4.83. The van der Waals surface area contributed by atoms with Gasteiger partial charge in [0.15, 0.2) is 0 Å². The zero-order chi connectivity index (χ0) is 20.3. The SMILES string of the molecule is [B]c1cc(-c2nc(C(CCC)CNC=CC)cc3c2NCC3C)c(F)cc1F. The maximum atomic E-state index is 14.6. The van der Waals surface area contributed by atoms with Gasteiger partial charge in [0.25, 0.3) is 0 Å². The highest BCUT2D eigenvalue weighted by Crippen LogP contribution is 2.40. The van der Waals surface area contributed by atoms with Crippen molar-refractivity contribution in [3.63, 3.8) is 0 Å². The van der Waals surface area contributed by atoms with E-state index in [1.54, 1.807) is 0 Å². The Labute approximate surface area is 167 Å². The van der Waals surface area contributed by atoms with E-state index in [0.717, 1.165) is 48.9 Å². The second-order valence-corrected chi connectivity index (χ2v) is 7.39. The summed E-state index contributed by atoms with van der Waals surface area (Å²) in [6.45, 7) is 7.75. The third-order valence-corrected chi connectivity index (χ3v) is 5.23. The van der Waals surface area contributed by atoms with Crippen LogP contribution in [0.15, 0.2) is 30.5 Å². The van der Waals surface area contributed by atoms with E-state index in [1.807, 2.05) is 19.2 Å². The second-order valence-electron chi connectivity index (χ2n) is 7.39. The molecule has 1 aliphatic rings. The van der Waals surface area contributed by atoms with E-state index in [4.69, 9.17) is 12.8 Å². The maximum absolute atomic E-state index is 14.6. The molecule has 0 fully saturated rings. The number of hydrogen-bond acceptors (Lipinski definition) is 3. The summed E-state index contributed by atoms with van der Waals surface area (Å²) in [6.07, 6.45) is 5.85. The number of nitrogens with zero attached hydrogens (tertiary/aromatic N) is 1. The summed E-state index contributed by atoms with van der Waals surface area (Å²) in [5, 5.41) is 6.64. The van der Waals surface area contributed by atoms with Crippen LogP contribution in [0.4, 0.5) is 14.5 Å². The molecule has 1 aromatic heterocycles. The number of nitrogens with one attached hydrogen (secondary N) is 2. The van der Waals surface area contributed by atoms with Gasteiger partial charge >= 0.3 is 0 Å². The Morgan fingerprint density at radius 2 is 2.11 bits per heavy atom. The van der Waals surface area contributed by atoms with E-state index < -0.39 is 11.6 Å². The molecule has 0 bridgehead atoms. The van der Waals surface area contributed by atoms with Gasteiger partial charge in [-0.25, -0.2) is 8.78 Å². The van der Waals surface area contributed by atoms with Crippen molar-refractivity contribution in [2.45, 2.75) is 45.4 Å². The lowest BCUT2D eigenvalue weighted by Gasteiger charge is -2.20. The molecule has 1 aromatic carbocycles. The Morgan fingerprint density at radius 3 is 2.82 bits per heavy atom. The number of benzene rings is 1. The molecule has 2 unspecified atom stereocenters. The fraction of sp³-hybridized carbons (Fsp3) is 0.409. The van der Waals surface area contributed by atoms with Gasteiger partial charge in [-0.1, -0.05) is 37.9 Å². The van der Waals surface area contributed by atoms with Crippen molar-refractivity contribution in [3.8, 4) is 11.3 Å². The van der Waals surface area contributed by atoms with Crippen LogP contribution in [0.1, 0.15) is 56.7 Å². The third-order valence-electron chi connectivity index (χ3n) is 5.23. The topological polar surface area (TPSA) is 37.0 Å². The van der Waals surface area contributed by atoms with Crippen LogP contribution in [0.5, 0.6) is 0 Å². The first-order valence-electron chi connectivity index (χ1n) is 9.84. The fourth-order valence-corrected chi connectivity index (χ4v) is 3.71. The Bertz CT molecular complexity index is 883. The van der Waals surface area contributed by atoms with Crippen LogP contribution in [0, 0.1) is 11.6 Å². The number of halogens is 2. The molecule has 2 radical (unpaired) electrons. The number of aromatic nitrogens is 1. The number of hydrogen-bond donors (Lipinski definition) is 2. The number of anilines is 1. The van der Waals surface area contributed by atoms with Crippen LogP contribution in [-0.2, 0) is 0 Å². The summed E-state index contributed by atoms with van der Waals surface area (Å²) < 4.78 is 28.3. The zero-order valence-electron chi connectivity index (χ0n) is 16.7. The molecular weight excluding hydrogens is 355 g/mol. The molecule has 2 atom stereocenters. The molecule has 0 saturated heterocycles. The van der Waals surface area contributed by atoms with Crippen molar-refractivity contribution in [2.24, 2.45) is 0 Å². The smallest absolute Gasteiger partial charge is 0.135 e. The van der Waals surface area contributed by atoms with Crippen molar-refractivity contribution in [3.05, 3.63) is 53.4 Å². The average Bonchev–Trinajstić information content (AvgIpc) is 3.04. The molecular formula is C22H26BF2N3. The highest BCUT2D eigenvalue weighted by Gasteiger charge is 2.27. The monoisotopic (exact) mass is 381 g/mol. The van der Waals surface area contributed by atoms with Gasteiger partial charge in [0.05, 0.1) is 11.4 Å². The third kappa shape index (κ3) is 4.06. The number of rotatable bonds is 7. The minimum atomic E-state index is -0.755. The summed E-state index contributed by atoms with van der Waals surface area (Å²) >= 11 is 0. The molecule has 3 rings (SSSR count). The maximum Gasteiger partial charge on any atom is 0.135 e. The van der Waals surface area contributed by atoms with Gasteiger partial charge in [-0.2, -0.15) is 0 Å². The first-order valence-corrected chi connectivity index (χ1v) is 9.84.